The molecule has 5 aliphatic carbocycles. The number of hydrogen-bond acceptors (Lipinski definition) is 9. The predicted octanol–water partition coefficient (Wildman–Crippen LogP) is 6.65. The number of nitroso groups, excluding NO2 is 1. The zero-order chi connectivity index (χ0) is 32.8. The number of carbonyl (C=O) groups is 4. The van der Waals surface area contributed by atoms with Crippen molar-refractivity contribution < 1.29 is 28.7 Å². The lowest BCUT2D eigenvalue weighted by molar-refractivity contribution is -0.188. The molecule has 0 bridgehead atoms. The molecule has 0 spiro atoms. The van der Waals surface area contributed by atoms with Crippen LogP contribution in [0, 0.1) is 56.9 Å². The molecule has 240 valence electrons. The van der Waals surface area contributed by atoms with Crippen LogP contribution in [0.2, 0.25) is 0 Å². The molecule has 6 unspecified atom stereocenters. The van der Waals surface area contributed by atoms with Gasteiger partial charge in [0.15, 0.2) is 11.4 Å². The van der Waals surface area contributed by atoms with Crippen LogP contribution in [0.25, 0.3) is 0 Å². The minimum absolute atomic E-state index is 0.0163. The van der Waals surface area contributed by atoms with Crippen LogP contribution in [0.1, 0.15) is 80.1 Å². The number of ketones is 1. The molecule has 3 fully saturated rings. The first-order valence-electron chi connectivity index (χ1n) is 15.9. The molecule has 5 rings (SSSR count). The van der Waals surface area contributed by atoms with E-state index in [2.05, 4.69) is 24.1 Å². The van der Waals surface area contributed by atoms with Crippen molar-refractivity contribution in [2.45, 2.75) is 91.7 Å². The molecule has 0 saturated heterocycles. The van der Waals surface area contributed by atoms with Crippen molar-refractivity contribution in [1.29, 1.82) is 0 Å². The van der Waals surface area contributed by atoms with E-state index in [4.69, 9.17) is 9.47 Å². The molecule has 5 aliphatic rings. The molecular formula is C36H43NO7S. The lowest BCUT2D eigenvalue weighted by Gasteiger charge is -2.59. The molecule has 0 radical (unpaired) electrons. The Labute approximate surface area is 269 Å². The number of carbonyl (C=O) groups excluding carboxylic acids is 4. The Balaban J connectivity index is 1.47. The minimum Gasteiger partial charge on any atom is -0.446 e. The Morgan fingerprint density at radius 2 is 1.96 bits per heavy atom. The maximum Gasteiger partial charge on any atom is 0.335 e. The van der Waals surface area contributed by atoms with Gasteiger partial charge in [-0.25, -0.2) is 4.79 Å². The number of rotatable bonds is 6. The summed E-state index contributed by atoms with van der Waals surface area (Å²) < 4.78 is 11.5. The van der Waals surface area contributed by atoms with E-state index in [-0.39, 0.29) is 58.6 Å². The van der Waals surface area contributed by atoms with Crippen molar-refractivity contribution >= 4 is 34.6 Å². The van der Waals surface area contributed by atoms with Gasteiger partial charge in [0.1, 0.15) is 6.11 Å². The van der Waals surface area contributed by atoms with Crippen molar-refractivity contribution in [2.75, 3.05) is 5.75 Å². The third-order valence-corrected chi connectivity index (χ3v) is 11.8. The van der Waals surface area contributed by atoms with Crippen LogP contribution in [0.3, 0.4) is 0 Å². The molecule has 8 nitrogen and oxygen atoms in total. The Bertz CT molecular complexity index is 1490. The largest absolute Gasteiger partial charge is 0.446 e. The van der Waals surface area contributed by atoms with Crippen LogP contribution in [0.5, 0.6) is 0 Å². The average Bonchev–Trinajstić information content (AvgIpc) is 3.58. The Kier molecular flexibility index (Phi) is 8.95. The normalized spacial score (nSPS) is 36.4. The Morgan fingerprint density at radius 1 is 1.20 bits per heavy atom. The van der Waals surface area contributed by atoms with Gasteiger partial charge in [0.05, 0.1) is 18.2 Å². The molecular weight excluding hydrogens is 590 g/mol. The highest BCUT2D eigenvalue weighted by atomic mass is 32.2. The number of esters is 2. The summed E-state index contributed by atoms with van der Waals surface area (Å²) in [5.41, 5.74) is -1.59. The summed E-state index contributed by atoms with van der Waals surface area (Å²) in [6.45, 7) is 11.8. The van der Waals surface area contributed by atoms with Gasteiger partial charge < -0.3 is 9.47 Å². The highest BCUT2D eigenvalue weighted by Gasteiger charge is 2.73. The van der Waals surface area contributed by atoms with Crippen LogP contribution in [0.4, 0.5) is 0 Å². The quantitative estimate of drug-likeness (QED) is 0.181. The van der Waals surface area contributed by atoms with Crippen LogP contribution in [-0.4, -0.2) is 40.2 Å². The van der Waals surface area contributed by atoms with Crippen molar-refractivity contribution in [2.24, 2.45) is 45.1 Å². The Hall–Kier alpha value is -3.25. The third-order valence-electron chi connectivity index (χ3n) is 10.9. The molecule has 45 heavy (non-hydrogen) atoms. The lowest BCUT2D eigenvalue weighted by atomic mass is 9.46. The fourth-order valence-electron chi connectivity index (χ4n) is 9.05. The maximum atomic E-state index is 14.5. The smallest absolute Gasteiger partial charge is 0.335 e. The number of allylic oxidation sites excluding steroid dienone is 7. The molecule has 0 aliphatic heterocycles. The summed E-state index contributed by atoms with van der Waals surface area (Å²) in [6.07, 6.45) is 16.1. The van der Waals surface area contributed by atoms with Crippen molar-refractivity contribution in [3.8, 4) is 12.0 Å². The third kappa shape index (κ3) is 5.80. The van der Waals surface area contributed by atoms with E-state index in [0.717, 1.165) is 30.2 Å². The summed E-state index contributed by atoms with van der Waals surface area (Å²) >= 11 is 0.953. The number of nitrogens with zero attached hydrogens (tertiary/aromatic N) is 1. The van der Waals surface area contributed by atoms with E-state index in [0.29, 0.717) is 18.4 Å². The first-order valence-corrected chi connectivity index (χ1v) is 16.9. The SMILES string of the molecule is C[C@@H]1CC2C3CCC4=CC(=O)C=CC4(C)C3C(N=O)CC2(C)[C@@]1(OC(=O)C1=CC=CC1)C(=O)SCC#COC(=O)CC(C)(C)C. The Morgan fingerprint density at radius 3 is 2.62 bits per heavy atom. The number of thioether (sulfide) groups is 1. The van der Waals surface area contributed by atoms with Gasteiger partial charge in [-0.05, 0) is 67.4 Å². The zero-order valence-electron chi connectivity index (χ0n) is 27.0. The standard InChI is InChI=1S/C36H43NO7S/c1-22-18-27-26-13-12-24-19-25(38)14-15-34(24,5)30(26)28(37-42)20-35(27,6)36(22,44-31(40)23-10-7-8-11-23)32(41)45-17-9-16-43-29(39)21-33(2,3)4/h7-8,10,14-15,19,22,26-28,30H,11-13,17-18,20-21H2,1-6H3/t22-,26?,27?,28?,30?,34?,35?,36+/m1/s1. The molecule has 0 aromatic rings. The van der Waals surface area contributed by atoms with Crippen LogP contribution >= 0.6 is 11.8 Å². The monoisotopic (exact) mass is 633 g/mol. The molecule has 0 amide bonds. The molecule has 3 saturated carbocycles. The predicted molar refractivity (Wildman–Crippen MR) is 172 cm³/mol. The summed E-state index contributed by atoms with van der Waals surface area (Å²) in [4.78, 5) is 65.1. The van der Waals surface area contributed by atoms with E-state index in [1.54, 1.807) is 24.3 Å². The van der Waals surface area contributed by atoms with Gasteiger partial charge in [-0.15, -0.1) is 0 Å². The average molecular weight is 634 g/mol. The van der Waals surface area contributed by atoms with Crippen molar-refractivity contribution in [3.05, 3.63) is 52.5 Å². The highest BCUT2D eigenvalue weighted by Crippen LogP contribution is 2.70. The van der Waals surface area contributed by atoms with Gasteiger partial charge in [0.2, 0.25) is 5.12 Å². The second kappa shape index (κ2) is 12.2. The molecule has 8 atom stereocenters. The number of hydrogen-bond donors (Lipinski definition) is 0. The summed E-state index contributed by atoms with van der Waals surface area (Å²) in [7, 11) is 0. The summed E-state index contributed by atoms with van der Waals surface area (Å²) in [5.74, 6) is 1.37. The summed E-state index contributed by atoms with van der Waals surface area (Å²) in [6, 6.07) is -0.640. The maximum absolute atomic E-state index is 14.5. The zero-order valence-corrected chi connectivity index (χ0v) is 27.8. The van der Waals surface area contributed by atoms with E-state index in [9.17, 15) is 24.1 Å². The number of fused-ring (bicyclic) bond motifs is 5. The molecule has 0 aromatic carbocycles. The minimum atomic E-state index is -1.52. The molecule has 9 heteroatoms. The van der Waals surface area contributed by atoms with E-state index in [1.807, 2.05) is 46.8 Å². The van der Waals surface area contributed by atoms with Gasteiger partial charge in [-0.1, -0.05) is 88.4 Å². The van der Waals surface area contributed by atoms with Gasteiger partial charge in [0, 0.05) is 28.2 Å². The van der Waals surface area contributed by atoms with Gasteiger partial charge >= 0.3 is 11.9 Å². The first-order chi connectivity index (χ1) is 21.2. The second-order valence-corrected chi connectivity index (χ2v) is 15.9. The summed E-state index contributed by atoms with van der Waals surface area (Å²) in [5, 5.41) is 3.37. The molecule has 0 aromatic heterocycles. The van der Waals surface area contributed by atoms with E-state index in [1.165, 1.54) is 0 Å². The highest BCUT2D eigenvalue weighted by molar-refractivity contribution is 8.14. The van der Waals surface area contributed by atoms with Crippen LogP contribution in [0.15, 0.2) is 52.8 Å². The van der Waals surface area contributed by atoms with Gasteiger partial charge in [0.25, 0.3) is 0 Å². The van der Waals surface area contributed by atoms with E-state index < -0.39 is 34.4 Å². The lowest BCUT2D eigenvalue weighted by Crippen LogP contribution is -2.63. The molecule has 0 N–H and O–H groups in total. The van der Waals surface area contributed by atoms with E-state index >= 15 is 0 Å². The fraction of sp³-hybridized carbons (Fsp3) is 0.611. The van der Waals surface area contributed by atoms with Crippen molar-refractivity contribution in [3.63, 3.8) is 0 Å². The van der Waals surface area contributed by atoms with Gasteiger partial charge in [-0.2, -0.15) is 4.91 Å². The van der Waals surface area contributed by atoms with Crippen LogP contribution in [-0.2, 0) is 28.7 Å². The molecule has 0 heterocycles. The fourth-order valence-corrected chi connectivity index (χ4v) is 10.0. The number of ether oxygens (including phenoxy) is 2. The van der Waals surface area contributed by atoms with Crippen LogP contribution < -0.4 is 0 Å². The second-order valence-electron chi connectivity index (χ2n) is 15.0. The first kappa shape index (κ1) is 33.1. The topological polar surface area (TPSA) is 116 Å². The van der Waals surface area contributed by atoms with Gasteiger partial charge in [-0.3, -0.25) is 14.4 Å². The van der Waals surface area contributed by atoms with Crippen molar-refractivity contribution in [1.82, 2.24) is 0 Å².